The van der Waals surface area contributed by atoms with Crippen LogP contribution in [0.2, 0.25) is 0 Å². The Kier molecular flexibility index (Phi) is 9.34. The molecular formula is C31H39N5O5S. The van der Waals surface area contributed by atoms with Gasteiger partial charge in [0.2, 0.25) is 0 Å². The van der Waals surface area contributed by atoms with E-state index in [9.17, 15) is 19.0 Å². The van der Waals surface area contributed by atoms with Gasteiger partial charge in [-0.05, 0) is 55.2 Å². The number of hydrogen-bond donors (Lipinski definition) is 5. The van der Waals surface area contributed by atoms with Crippen molar-refractivity contribution in [1.82, 2.24) is 20.2 Å². The highest BCUT2D eigenvalue weighted by Crippen LogP contribution is 2.52. The molecule has 1 amide bonds. The van der Waals surface area contributed by atoms with E-state index in [1.807, 2.05) is 66.1 Å². The first-order chi connectivity index (χ1) is 20.3. The maximum Gasteiger partial charge on any atom is 0.251 e. The number of aryl methyl sites for hydroxylation is 1. The van der Waals surface area contributed by atoms with Crippen LogP contribution in [0.25, 0.3) is 11.0 Å². The Morgan fingerprint density at radius 3 is 2.60 bits per heavy atom. The zero-order valence-corrected chi connectivity index (χ0v) is 24.8. The fraction of sp³-hybridized carbons (Fsp3) is 0.355. The van der Waals surface area contributed by atoms with E-state index in [0.717, 1.165) is 22.4 Å². The second-order valence-electron chi connectivity index (χ2n) is 10.5. The normalized spacial score (nSPS) is 16.7. The monoisotopic (exact) mass is 593 g/mol. The summed E-state index contributed by atoms with van der Waals surface area (Å²) in [6, 6.07) is 20.3. The summed E-state index contributed by atoms with van der Waals surface area (Å²) in [5.41, 5.74) is 4.26. The first kappa shape index (κ1) is 29.9. The molecule has 0 radical (unpaired) electrons. The highest BCUT2D eigenvalue weighted by Gasteiger charge is 2.32. The number of ether oxygens (including phenoxy) is 1. The Hall–Kier alpha value is -3.61. The third-order valence-electron chi connectivity index (χ3n) is 7.61. The van der Waals surface area contributed by atoms with Crippen LogP contribution < -0.4 is 19.7 Å². The van der Waals surface area contributed by atoms with Crippen LogP contribution in [-0.2, 0) is 19.5 Å². The summed E-state index contributed by atoms with van der Waals surface area (Å²) in [5, 5.41) is 17.6. The van der Waals surface area contributed by atoms with Crippen LogP contribution in [0, 0.1) is 0 Å². The van der Waals surface area contributed by atoms with Crippen molar-refractivity contribution in [3.63, 3.8) is 0 Å². The van der Waals surface area contributed by atoms with Gasteiger partial charge in [0.25, 0.3) is 5.91 Å². The van der Waals surface area contributed by atoms with Gasteiger partial charge < -0.3 is 25.0 Å². The summed E-state index contributed by atoms with van der Waals surface area (Å²) >= 11 is 0. The summed E-state index contributed by atoms with van der Waals surface area (Å²) < 4.78 is 30.2. The number of nitrogens with zero attached hydrogens (tertiary/aromatic N) is 3. The van der Waals surface area contributed by atoms with E-state index in [0.29, 0.717) is 49.2 Å². The van der Waals surface area contributed by atoms with Crippen molar-refractivity contribution in [3.8, 4) is 5.75 Å². The van der Waals surface area contributed by atoms with Crippen LogP contribution in [0.3, 0.4) is 0 Å². The molecule has 0 spiro atoms. The minimum atomic E-state index is -2.99. The van der Waals surface area contributed by atoms with Gasteiger partial charge in [-0.25, -0.2) is 4.98 Å². The molecule has 1 saturated heterocycles. The van der Waals surface area contributed by atoms with Gasteiger partial charge in [0.05, 0.1) is 42.5 Å². The molecular weight excluding hydrogens is 554 g/mol. The number of nitrogens with one attached hydrogen (secondary N) is 2. The van der Waals surface area contributed by atoms with Crippen LogP contribution in [0.4, 0.5) is 5.69 Å². The molecule has 1 fully saturated rings. The SMILES string of the molecule is CCn1cnc2c(N3CCCS3(O)O)cc(C(=O)N[C@@H](Cc3ccccc3)[C@@H](O)CNCc3cccc(OC)c3)cc21. The highest BCUT2D eigenvalue weighted by atomic mass is 32.3. The minimum absolute atomic E-state index is 0.260. The first-order valence-corrected chi connectivity index (χ1v) is 15.9. The van der Waals surface area contributed by atoms with E-state index in [4.69, 9.17) is 4.74 Å². The average molecular weight is 594 g/mol. The molecule has 1 aliphatic rings. The van der Waals surface area contributed by atoms with Crippen molar-refractivity contribution in [2.75, 3.05) is 30.3 Å². The highest BCUT2D eigenvalue weighted by molar-refractivity contribution is 8.25. The molecule has 1 aromatic heterocycles. The van der Waals surface area contributed by atoms with Crippen molar-refractivity contribution in [2.45, 2.75) is 45.0 Å². The number of imidazole rings is 1. The van der Waals surface area contributed by atoms with Crippen LogP contribution in [0.1, 0.15) is 34.8 Å². The Balaban J connectivity index is 1.38. The number of carbonyl (C=O) groups excluding carboxylic acids is 1. The summed E-state index contributed by atoms with van der Waals surface area (Å²) in [6.07, 6.45) is 1.90. The smallest absolute Gasteiger partial charge is 0.251 e. The number of carbonyl (C=O) groups is 1. The average Bonchev–Trinajstić information content (AvgIpc) is 3.58. The molecule has 224 valence electrons. The lowest BCUT2D eigenvalue weighted by Crippen LogP contribution is -2.48. The van der Waals surface area contributed by atoms with Crippen LogP contribution in [0.5, 0.6) is 5.75 Å². The van der Waals surface area contributed by atoms with Crippen molar-refractivity contribution in [2.24, 2.45) is 0 Å². The molecule has 0 aliphatic carbocycles. The van der Waals surface area contributed by atoms with Crippen LogP contribution in [-0.4, -0.2) is 67.8 Å². The van der Waals surface area contributed by atoms with E-state index >= 15 is 0 Å². The van der Waals surface area contributed by atoms with Crippen molar-refractivity contribution in [1.29, 1.82) is 0 Å². The molecule has 0 saturated carbocycles. The maximum atomic E-state index is 13.8. The molecule has 0 unspecified atom stereocenters. The number of aliphatic hydroxyl groups is 1. The molecule has 4 aromatic rings. The molecule has 0 bridgehead atoms. The third-order valence-corrected chi connectivity index (χ3v) is 9.53. The molecule has 1 aliphatic heterocycles. The van der Waals surface area contributed by atoms with Gasteiger partial charge >= 0.3 is 0 Å². The zero-order valence-electron chi connectivity index (χ0n) is 23.9. The molecule has 11 heteroatoms. The van der Waals surface area contributed by atoms with Crippen LogP contribution in [0.15, 0.2) is 73.1 Å². The summed E-state index contributed by atoms with van der Waals surface area (Å²) in [5.74, 6) is 0.693. The predicted molar refractivity (Wildman–Crippen MR) is 167 cm³/mol. The maximum absolute atomic E-state index is 13.8. The largest absolute Gasteiger partial charge is 0.497 e. The van der Waals surface area contributed by atoms with Gasteiger partial charge in [-0.2, -0.15) is 0 Å². The first-order valence-electron chi connectivity index (χ1n) is 14.2. The van der Waals surface area contributed by atoms with Crippen LogP contribution >= 0.6 is 10.8 Å². The van der Waals surface area contributed by atoms with Gasteiger partial charge in [0.15, 0.2) is 0 Å². The standard InChI is InChI=1S/C31H39N5O5S/c1-3-35-21-33-30-27(35)17-24(18-28(30)36-13-8-14-42(36,39)40)31(38)34-26(16-22-9-5-4-6-10-22)29(37)20-32-19-23-11-7-12-25(15-23)41-2/h4-7,9-12,15,17-18,21,26,29,32,37,39-40H,3,8,13-14,16,19-20H2,1-2H3,(H,34,38)/t26-,29-/m0/s1. The number of rotatable bonds is 12. The molecule has 2 atom stereocenters. The molecule has 3 aromatic carbocycles. The lowest BCUT2D eigenvalue weighted by molar-refractivity contribution is 0.0830. The van der Waals surface area contributed by atoms with Gasteiger partial charge in [0, 0.05) is 31.7 Å². The molecule has 2 heterocycles. The van der Waals surface area contributed by atoms with E-state index in [-0.39, 0.29) is 18.2 Å². The topological polar surface area (TPSA) is 132 Å². The second kappa shape index (κ2) is 13.1. The van der Waals surface area contributed by atoms with E-state index < -0.39 is 22.9 Å². The number of aromatic nitrogens is 2. The lowest BCUT2D eigenvalue weighted by atomic mass is 10.00. The molecule has 5 N–H and O–H groups in total. The van der Waals surface area contributed by atoms with Gasteiger partial charge in [-0.15, -0.1) is 10.8 Å². The Morgan fingerprint density at radius 2 is 1.88 bits per heavy atom. The van der Waals surface area contributed by atoms with Crippen molar-refractivity contribution >= 4 is 33.4 Å². The van der Waals surface area contributed by atoms with Gasteiger partial charge in [-0.1, -0.05) is 42.5 Å². The molecule has 10 nitrogen and oxygen atoms in total. The minimum Gasteiger partial charge on any atom is -0.497 e. The number of anilines is 1. The number of hydrogen-bond acceptors (Lipinski definition) is 8. The summed E-state index contributed by atoms with van der Waals surface area (Å²) in [7, 11) is -1.36. The van der Waals surface area contributed by atoms with Crippen molar-refractivity contribution < 1.29 is 23.7 Å². The van der Waals surface area contributed by atoms with E-state index in [1.54, 1.807) is 29.9 Å². The Labute approximate surface area is 247 Å². The predicted octanol–water partition coefficient (Wildman–Crippen LogP) is 4.43. The second-order valence-corrected chi connectivity index (χ2v) is 12.6. The Morgan fingerprint density at radius 1 is 1.10 bits per heavy atom. The van der Waals surface area contributed by atoms with Gasteiger partial charge in [-0.3, -0.25) is 18.2 Å². The molecule has 5 rings (SSSR count). The number of methoxy groups -OCH3 is 1. The quantitative estimate of drug-likeness (QED) is 0.163. The fourth-order valence-corrected chi connectivity index (χ4v) is 6.96. The number of amides is 1. The van der Waals surface area contributed by atoms with Gasteiger partial charge in [0.1, 0.15) is 11.3 Å². The number of benzene rings is 3. The molecule has 42 heavy (non-hydrogen) atoms. The third kappa shape index (κ3) is 6.71. The summed E-state index contributed by atoms with van der Waals surface area (Å²) in [6.45, 7) is 3.89. The zero-order chi connectivity index (χ0) is 29.7. The van der Waals surface area contributed by atoms with E-state index in [2.05, 4.69) is 15.6 Å². The fourth-order valence-electron chi connectivity index (χ4n) is 5.35. The Bertz CT molecular complexity index is 1510. The van der Waals surface area contributed by atoms with Crippen molar-refractivity contribution in [3.05, 3.63) is 89.7 Å². The number of fused-ring (bicyclic) bond motifs is 1. The lowest BCUT2D eigenvalue weighted by Gasteiger charge is -2.38. The number of aliphatic hydroxyl groups excluding tert-OH is 1. The summed E-state index contributed by atoms with van der Waals surface area (Å²) in [4.78, 5) is 18.3. The van der Waals surface area contributed by atoms with E-state index in [1.165, 1.54) is 0 Å².